The van der Waals surface area contributed by atoms with Crippen LogP contribution in [0.2, 0.25) is 0 Å². The first-order valence-corrected chi connectivity index (χ1v) is 5.00. The molecule has 5 nitrogen and oxygen atoms in total. The van der Waals surface area contributed by atoms with E-state index in [2.05, 4.69) is 20.4 Å². The number of rotatable bonds is 6. The van der Waals surface area contributed by atoms with E-state index in [1.54, 1.807) is 0 Å². The molecule has 0 radical (unpaired) electrons. The molecular formula is C13H10O5. The zero-order valence-corrected chi connectivity index (χ0v) is 9.01. The highest BCUT2D eigenvalue weighted by Crippen LogP contribution is 2.37. The summed E-state index contributed by atoms with van der Waals surface area (Å²) >= 11 is 0. The summed E-state index contributed by atoms with van der Waals surface area (Å²) in [6, 6.07) is 8.40. The molecule has 0 fully saturated rings. The van der Waals surface area contributed by atoms with Crippen molar-refractivity contribution in [3.05, 3.63) is 47.5 Å². The quantitative estimate of drug-likeness (QED) is 0.462. The summed E-state index contributed by atoms with van der Waals surface area (Å²) in [6.45, 7) is 0. The van der Waals surface area contributed by atoms with Gasteiger partial charge < -0.3 is 20.4 Å². The van der Waals surface area contributed by atoms with Crippen LogP contribution in [0.4, 0.5) is 0 Å². The lowest BCUT2D eigenvalue weighted by Crippen LogP contribution is -2.01. The summed E-state index contributed by atoms with van der Waals surface area (Å²) in [7, 11) is 0. The van der Waals surface area contributed by atoms with Crippen molar-refractivity contribution < 1.29 is 25.2 Å². The number of hydrogen-bond acceptors (Lipinski definition) is 5. The van der Waals surface area contributed by atoms with E-state index in [1.807, 2.05) is 0 Å². The van der Waals surface area contributed by atoms with Gasteiger partial charge in [0.25, 0.3) is 5.72 Å². The molecule has 0 aromatic heterocycles. The third-order valence-electron chi connectivity index (χ3n) is 2.42. The van der Waals surface area contributed by atoms with Crippen LogP contribution in [0, 0.1) is 0 Å². The van der Waals surface area contributed by atoms with E-state index in [0.29, 0.717) is 0 Å². The molecule has 2 rings (SSSR count). The first kappa shape index (κ1) is 7.60. The van der Waals surface area contributed by atoms with E-state index in [4.69, 9.17) is 5.72 Å². The predicted molar refractivity (Wildman–Crippen MR) is 63.0 cm³/mol. The van der Waals surface area contributed by atoms with Crippen molar-refractivity contribution in [2.45, 2.75) is 0 Å². The summed E-state index contributed by atoms with van der Waals surface area (Å²) in [4.78, 5) is 12.5. The number of phenolic OH excluding ortho intramolecular Hbond substituents is 4. The highest BCUT2D eigenvalue weighted by molar-refractivity contribution is 6.11. The average molecular weight is 250 g/mol. The zero-order valence-electron chi connectivity index (χ0n) is 13.0. The molecule has 0 aliphatic heterocycles. The highest BCUT2D eigenvalue weighted by Gasteiger charge is 2.18. The molecule has 0 bridgehead atoms. The molecule has 5 heteroatoms. The van der Waals surface area contributed by atoms with E-state index in [1.165, 1.54) is 36.4 Å². The standard InChI is InChI=1S/C13H10O5/c14-8-3-1-2-7(6-8)11(16)9-4-5-10(15)13(18)12(9)17/h1-6,14-15,17-18H/i/hD4. The SMILES string of the molecule is [2H]Oc1cccc(C(=O)c2ccc(O[2H])c(O[2H])c2O[2H])c1. The van der Waals surface area contributed by atoms with E-state index in [-0.39, 0.29) is 34.1 Å². The van der Waals surface area contributed by atoms with Crippen LogP contribution in [-0.4, -0.2) is 31.9 Å². The first-order valence-electron chi connectivity index (χ1n) is 6.64. The number of benzene rings is 2. The Labute approximate surface area is 108 Å². The fourth-order valence-electron chi connectivity index (χ4n) is 1.52. The Balaban J connectivity index is 2.53. The van der Waals surface area contributed by atoms with Gasteiger partial charge in [-0.2, -0.15) is 0 Å². The van der Waals surface area contributed by atoms with E-state index in [0.717, 1.165) is 0 Å². The van der Waals surface area contributed by atoms with Crippen LogP contribution < -0.4 is 0 Å². The van der Waals surface area contributed by atoms with Crippen molar-refractivity contribution in [3.63, 3.8) is 0 Å². The number of ketones is 1. The monoisotopic (exact) mass is 250 g/mol. The zero-order chi connectivity index (χ0) is 16.1. The Bertz CT molecular complexity index is 692. The molecule has 0 atom stereocenters. The van der Waals surface area contributed by atoms with Crippen molar-refractivity contribution in [3.8, 4) is 23.0 Å². The van der Waals surface area contributed by atoms with Gasteiger partial charge in [0.05, 0.1) is 5.56 Å². The Morgan fingerprint density at radius 2 is 1.89 bits per heavy atom. The summed E-state index contributed by atoms with van der Waals surface area (Å²) in [6.07, 6.45) is 0. The van der Waals surface area contributed by atoms with Crippen LogP contribution in [0.3, 0.4) is 0 Å². The minimum Gasteiger partial charge on any atom is -0.508 e. The van der Waals surface area contributed by atoms with Crippen molar-refractivity contribution in [1.82, 2.24) is 0 Å². The largest absolute Gasteiger partial charge is 0.508 e. The number of phenols is 4. The summed E-state index contributed by atoms with van der Waals surface area (Å²) < 4.78 is 27.7. The average Bonchev–Trinajstić information content (AvgIpc) is 2.59. The topological polar surface area (TPSA) is 98.0 Å². The van der Waals surface area contributed by atoms with Gasteiger partial charge in [0.15, 0.2) is 17.3 Å². The van der Waals surface area contributed by atoms with Gasteiger partial charge in [-0.1, -0.05) is 12.1 Å². The maximum absolute atomic E-state index is 12.5. The van der Waals surface area contributed by atoms with Gasteiger partial charge in [0.1, 0.15) is 5.75 Å². The Morgan fingerprint density at radius 1 is 1.00 bits per heavy atom. The van der Waals surface area contributed by atoms with Gasteiger partial charge >= 0.3 is 0 Å². The van der Waals surface area contributed by atoms with Gasteiger partial charge in [-0.05, 0) is 24.3 Å². The van der Waals surface area contributed by atoms with Gasteiger partial charge in [-0.25, -0.2) is 0 Å². The van der Waals surface area contributed by atoms with Gasteiger partial charge in [0.2, 0.25) is 5.75 Å². The fraction of sp³-hybridized carbons (Fsp3) is 0. The molecular weight excluding hydrogens is 236 g/mol. The molecule has 0 saturated heterocycles. The normalized spacial score (nSPS) is 12.4. The second-order valence-corrected chi connectivity index (χ2v) is 3.63. The van der Waals surface area contributed by atoms with Crippen LogP contribution >= 0.6 is 0 Å². The van der Waals surface area contributed by atoms with Gasteiger partial charge in [-0.3, -0.25) is 4.79 Å². The minimum absolute atomic E-state index is 0.0554. The summed E-state index contributed by atoms with van der Waals surface area (Å²) in [5, 5.41) is 17.2. The molecule has 4 N–H and O–H groups in total. The number of hydrogen-bond donors (Lipinski definition) is 4. The smallest absolute Gasteiger partial charge is 0.293 e. The maximum atomic E-state index is 12.5. The number of carbonyl (C=O) groups is 1. The van der Waals surface area contributed by atoms with Crippen LogP contribution in [-0.2, 0) is 0 Å². The molecule has 0 aliphatic carbocycles. The van der Waals surface area contributed by atoms with Gasteiger partial charge in [0, 0.05) is 5.56 Å². The molecule has 2 aromatic rings. The lowest BCUT2D eigenvalue weighted by Gasteiger charge is -2.07. The molecule has 0 spiro atoms. The lowest BCUT2D eigenvalue weighted by molar-refractivity contribution is 0.103. The lowest BCUT2D eigenvalue weighted by atomic mass is 10.0. The van der Waals surface area contributed by atoms with Crippen LogP contribution in [0.15, 0.2) is 36.4 Å². The van der Waals surface area contributed by atoms with Gasteiger partial charge in [-0.15, -0.1) is 0 Å². The minimum atomic E-state index is -0.531. The van der Waals surface area contributed by atoms with Crippen LogP contribution in [0.25, 0.3) is 0 Å². The van der Waals surface area contributed by atoms with Crippen LogP contribution in [0.5, 0.6) is 23.0 Å². The molecule has 0 saturated carbocycles. The number of carbonyl (C=O) groups excluding carboxylic acids is 1. The second kappa shape index (κ2) is 4.29. The Kier molecular flexibility index (Phi) is 1.81. The maximum Gasteiger partial charge on any atom is 0.293 e. The van der Waals surface area contributed by atoms with Crippen molar-refractivity contribution >= 4 is 5.78 Å². The fourth-order valence-corrected chi connectivity index (χ4v) is 1.52. The molecule has 18 heavy (non-hydrogen) atoms. The van der Waals surface area contributed by atoms with E-state index >= 15 is 0 Å². The Morgan fingerprint density at radius 3 is 2.61 bits per heavy atom. The van der Waals surface area contributed by atoms with Crippen molar-refractivity contribution in [2.75, 3.05) is 0 Å². The van der Waals surface area contributed by atoms with Crippen molar-refractivity contribution in [2.24, 2.45) is 0 Å². The molecule has 2 aromatic carbocycles. The second-order valence-electron chi connectivity index (χ2n) is 3.63. The molecule has 0 aliphatic rings. The molecule has 0 amide bonds. The molecule has 92 valence electrons. The third-order valence-corrected chi connectivity index (χ3v) is 2.42. The van der Waals surface area contributed by atoms with Crippen LogP contribution in [0.1, 0.15) is 15.9 Å². The summed E-state index contributed by atoms with van der Waals surface area (Å²) in [5.41, 5.74) is 0.138. The van der Waals surface area contributed by atoms with Crippen molar-refractivity contribution in [1.29, 1.82) is 5.72 Å². The van der Waals surface area contributed by atoms with E-state index in [9.17, 15) is 4.79 Å². The third kappa shape index (κ3) is 1.93. The van der Waals surface area contributed by atoms with E-state index < -0.39 is 5.78 Å². The predicted octanol–water partition coefficient (Wildman–Crippen LogP) is 1.74. The summed E-state index contributed by atoms with van der Waals surface area (Å²) in [5.74, 6) is -1.24. The first-order chi connectivity index (χ1) is 10.7. The Hall–Kier alpha value is -2.69. The highest BCUT2D eigenvalue weighted by atomic mass is 16.3. The number of aromatic hydroxyl groups is 4. The molecule has 0 unspecified atom stereocenters. The molecule has 0 heterocycles.